The lowest BCUT2D eigenvalue weighted by molar-refractivity contribution is 0.479. The second-order valence-corrected chi connectivity index (χ2v) is 7.01. The molecule has 0 aromatic heterocycles. The van der Waals surface area contributed by atoms with Crippen molar-refractivity contribution in [2.24, 2.45) is 10.9 Å². The molecule has 1 aliphatic rings. The molecule has 1 N–H and O–H groups in total. The monoisotopic (exact) mass is 290 g/mol. The van der Waals surface area contributed by atoms with E-state index >= 15 is 0 Å². The fourth-order valence-electron chi connectivity index (χ4n) is 3.00. The summed E-state index contributed by atoms with van der Waals surface area (Å²) in [6, 6.07) is 4.46. The Kier molecular flexibility index (Phi) is 5.14. The molecule has 0 bridgehead atoms. The third-order valence-corrected chi connectivity index (χ3v) is 5.45. The Bertz CT molecular complexity index is 481. The van der Waals surface area contributed by atoms with Crippen LogP contribution < -0.4 is 5.32 Å². The topological polar surface area (TPSA) is 24.4 Å². The molecule has 1 aromatic carbocycles. The highest BCUT2D eigenvalue weighted by atomic mass is 32.2. The minimum Gasteiger partial charge on any atom is -0.335 e. The molecule has 1 atom stereocenters. The summed E-state index contributed by atoms with van der Waals surface area (Å²) in [7, 11) is 0. The normalized spacial score (nSPS) is 18.5. The van der Waals surface area contributed by atoms with E-state index in [9.17, 15) is 0 Å². The average molecular weight is 290 g/mol. The predicted octanol–water partition coefficient (Wildman–Crippen LogP) is 4.93. The lowest BCUT2D eigenvalue weighted by atomic mass is 9.99. The van der Waals surface area contributed by atoms with Gasteiger partial charge in [0.25, 0.3) is 0 Å². The van der Waals surface area contributed by atoms with Crippen LogP contribution in [-0.2, 0) is 0 Å². The van der Waals surface area contributed by atoms with Crippen LogP contribution in [0.15, 0.2) is 17.1 Å². The quantitative estimate of drug-likeness (QED) is 0.850. The molecule has 0 spiro atoms. The first-order valence-electron chi connectivity index (χ1n) is 7.61. The Morgan fingerprint density at radius 3 is 2.35 bits per heavy atom. The van der Waals surface area contributed by atoms with Crippen LogP contribution >= 0.6 is 11.8 Å². The highest BCUT2D eigenvalue weighted by Crippen LogP contribution is 2.32. The summed E-state index contributed by atoms with van der Waals surface area (Å²) in [5.41, 5.74) is 5.15. The molecule has 0 aliphatic carbocycles. The van der Waals surface area contributed by atoms with Gasteiger partial charge in [-0.2, -0.15) is 0 Å². The molecular formula is C17H26N2S. The summed E-state index contributed by atoms with van der Waals surface area (Å²) < 4.78 is 0. The van der Waals surface area contributed by atoms with E-state index in [1.165, 1.54) is 35.2 Å². The Morgan fingerprint density at radius 2 is 1.80 bits per heavy atom. The molecule has 3 heteroatoms. The first-order valence-corrected chi connectivity index (χ1v) is 8.49. The highest BCUT2D eigenvalue weighted by Gasteiger charge is 2.26. The number of rotatable bonds is 4. The number of amidine groups is 1. The van der Waals surface area contributed by atoms with E-state index in [4.69, 9.17) is 4.99 Å². The van der Waals surface area contributed by atoms with Crippen molar-refractivity contribution in [3.63, 3.8) is 0 Å². The van der Waals surface area contributed by atoms with Gasteiger partial charge in [-0.3, -0.25) is 4.99 Å². The smallest absolute Gasteiger partial charge is 0.161 e. The molecule has 1 unspecified atom stereocenters. The summed E-state index contributed by atoms with van der Waals surface area (Å²) in [5, 5.41) is 5.30. The largest absolute Gasteiger partial charge is 0.335 e. The van der Waals surface area contributed by atoms with Gasteiger partial charge in [0.1, 0.15) is 0 Å². The van der Waals surface area contributed by atoms with Gasteiger partial charge in [0.2, 0.25) is 0 Å². The lowest BCUT2D eigenvalue weighted by Crippen LogP contribution is -2.17. The molecule has 0 saturated carbocycles. The van der Waals surface area contributed by atoms with Crippen molar-refractivity contribution in [2.75, 3.05) is 11.9 Å². The van der Waals surface area contributed by atoms with Crippen molar-refractivity contribution < 1.29 is 0 Å². The van der Waals surface area contributed by atoms with Gasteiger partial charge in [0.15, 0.2) is 5.17 Å². The van der Waals surface area contributed by atoms with Crippen LogP contribution in [0.1, 0.15) is 43.4 Å². The van der Waals surface area contributed by atoms with E-state index in [1.807, 2.05) is 11.8 Å². The number of hydrogen-bond acceptors (Lipinski definition) is 3. The zero-order chi connectivity index (χ0) is 14.7. The third-order valence-electron chi connectivity index (χ3n) is 4.16. The van der Waals surface area contributed by atoms with Crippen molar-refractivity contribution in [1.82, 2.24) is 0 Å². The number of nitrogens with one attached hydrogen (secondary N) is 1. The van der Waals surface area contributed by atoms with Gasteiger partial charge in [0.05, 0.1) is 6.54 Å². The zero-order valence-electron chi connectivity index (χ0n) is 13.3. The third kappa shape index (κ3) is 3.38. The number of hydrogen-bond donors (Lipinski definition) is 1. The van der Waals surface area contributed by atoms with Gasteiger partial charge in [-0.1, -0.05) is 56.1 Å². The minimum atomic E-state index is 0.651. The maximum atomic E-state index is 4.70. The molecule has 0 radical (unpaired) electrons. The van der Waals surface area contributed by atoms with Crippen molar-refractivity contribution in [1.29, 1.82) is 0 Å². The Morgan fingerprint density at radius 1 is 1.20 bits per heavy atom. The van der Waals surface area contributed by atoms with Crippen LogP contribution in [0.3, 0.4) is 0 Å². The van der Waals surface area contributed by atoms with Crippen LogP contribution in [0.5, 0.6) is 0 Å². The lowest BCUT2D eigenvalue weighted by Gasteiger charge is -2.19. The highest BCUT2D eigenvalue weighted by molar-refractivity contribution is 8.15. The molecule has 1 heterocycles. The fraction of sp³-hybridized carbons (Fsp3) is 0.588. The number of anilines is 1. The Balaban J connectivity index is 2.06. The van der Waals surface area contributed by atoms with Crippen molar-refractivity contribution in [3.8, 4) is 0 Å². The van der Waals surface area contributed by atoms with Gasteiger partial charge in [-0.05, 0) is 37.8 Å². The molecule has 0 saturated heterocycles. The second-order valence-electron chi connectivity index (χ2n) is 5.78. The van der Waals surface area contributed by atoms with Gasteiger partial charge < -0.3 is 5.32 Å². The van der Waals surface area contributed by atoms with Gasteiger partial charge in [-0.15, -0.1) is 0 Å². The molecule has 2 rings (SSSR count). The number of thioether (sulfide) groups is 1. The SMILES string of the molecule is CCC(CC)C1CN=C(Nc2c(C)cc(C)cc2C)S1. The van der Waals surface area contributed by atoms with Crippen molar-refractivity contribution >= 4 is 22.6 Å². The summed E-state index contributed by atoms with van der Waals surface area (Å²) in [4.78, 5) is 4.70. The summed E-state index contributed by atoms with van der Waals surface area (Å²) in [5.74, 6) is 0.781. The predicted molar refractivity (Wildman–Crippen MR) is 92.0 cm³/mol. The van der Waals surface area contributed by atoms with Crippen molar-refractivity contribution in [3.05, 3.63) is 28.8 Å². The molecule has 0 fully saturated rings. The minimum absolute atomic E-state index is 0.651. The van der Waals surface area contributed by atoms with Gasteiger partial charge in [-0.25, -0.2) is 0 Å². The summed E-state index contributed by atoms with van der Waals surface area (Å²) in [6.45, 7) is 12.0. The number of benzene rings is 1. The molecule has 110 valence electrons. The van der Waals surface area contributed by atoms with Gasteiger partial charge in [0, 0.05) is 10.9 Å². The van der Waals surface area contributed by atoms with E-state index in [1.54, 1.807) is 0 Å². The number of aryl methyl sites for hydroxylation is 3. The molecule has 1 aliphatic heterocycles. The van der Waals surface area contributed by atoms with Crippen molar-refractivity contribution in [2.45, 2.75) is 52.7 Å². The first kappa shape index (κ1) is 15.4. The van der Waals surface area contributed by atoms with E-state index < -0.39 is 0 Å². The molecule has 0 amide bonds. The first-order chi connectivity index (χ1) is 9.55. The second kappa shape index (κ2) is 6.66. The zero-order valence-corrected chi connectivity index (χ0v) is 14.1. The van der Waals surface area contributed by atoms with Crippen LogP contribution in [0.2, 0.25) is 0 Å². The van der Waals surface area contributed by atoms with Crippen LogP contribution in [0.25, 0.3) is 0 Å². The van der Waals surface area contributed by atoms with Gasteiger partial charge >= 0.3 is 0 Å². The average Bonchev–Trinajstić information content (AvgIpc) is 2.84. The number of aliphatic imine (C=N–C) groups is 1. The molecule has 1 aromatic rings. The molecule has 2 nitrogen and oxygen atoms in total. The fourth-order valence-corrected chi connectivity index (χ4v) is 4.33. The molecule has 20 heavy (non-hydrogen) atoms. The maximum Gasteiger partial charge on any atom is 0.161 e. The Hall–Kier alpha value is -0.960. The standard InChI is InChI=1S/C17H26N2S/c1-6-14(7-2)15-10-18-17(20-15)19-16-12(4)8-11(3)9-13(16)5/h8-9,14-15H,6-7,10H2,1-5H3,(H,18,19). The van der Waals surface area contributed by atoms with E-state index in [2.05, 4.69) is 52.1 Å². The summed E-state index contributed by atoms with van der Waals surface area (Å²) in [6.07, 6.45) is 2.50. The summed E-state index contributed by atoms with van der Waals surface area (Å²) >= 11 is 1.92. The van der Waals surface area contributed by atoms with E-state index in [0.717, 1.165) is 17.6 Å². The van der Waals surface area contributed by atoms with Crippen LogP contribution in [0.4, 0.5) is 5.69 Å². The maximum absolute atomic E-state index is 4.70. The molecular weight excluding hydrogens is 264 g/mol. The number of nitrogens with zero attached hydrogens (tertiary/aromatic N) is 1. The van der Waals surface area contributed by atoms with Crippen LogP contribution in [-0.4, -0.2) is 17.0 Å². The van der Waals surface area contributed by atoms with E-state index in [-0.39, 0.29) is 0 Å². The van der Waals surface area contributed by atoms with Crippen LogP contribution in [0, 0.1) is 26.7 Å². The van der Waals surface area contributed by atoms with E-state index in [0.29, 0.717) is 5.25 Å². The Labute approximate surface area is 127 Å².